The maximum absolute atomic E-state index is 12.1. The molecule has 0 aromatic rings. The Morgan fingerprint density at radius 2 is 2.04 bits per heavy atom. The van der Waals surface area contributed by atoms with E-state index in [0.717, 1.165) is 12.8 Å². The fourth-order valence-corrected chi connectivity index (χ4v) is 2.35. The summed E-state index contributed by atoms with van der Waals surface area (Å²) in [7, 11) is 0. The topological polar surface area (TPSA) is 110 Å². The van der Waals surface area contributed by atoms with Crippen molar-refractivity contribution in [3.8, 4) is 0 Å². The Labute approximate surface area is 144 Å². The van der Waals surface area contributed by atoms with E-state index in [0.29, 0.717) is 32.4 Å². The van der Waals surface area contributed by atoms with Crippen LogP contribution >= 0.6 is 0 Å². The zero-order chi connectivity index (χ0) is 18.8. The lowest BCUT2D eigenvalue weighted by atomic mass is 9.96. The van der Waals surface area contributed by atoms with Crippen LogP contribution in [0.5, 0.6) is 0 Å². The van der Waals surface area contributed by atoms with Gasteiger partial charge in [-0.2, -0.15) is 0 Å². The van der Waals surface area contributed by atoms with Crippen molar-refractivity contribution in [3.05, 3.63) is 0 Å². The lowest BCUT2D eigenvalue weighted by Crippen LogP contribution is -2.36. The Balaban J connectivity index is 0.000000640. The zero-order valence-electron chi connectivity index (χ0n) is 15.3. The molecule has 0 spiro atoms. The summed E-state index contributed by atoms with van der Waals surface area (Å²) in [6.45, 7) is 8.94. The molecule has 7 heteroatoms. The zero-order valence-corrected chi connectivity index (χ0v) is 15.3. The molecule has 2 amide bonds. The highest BCUT2D eigenvalue weighted by Crippen LogP contribution is 2.19. The predicted molar refractivity (Wildman–Crippen MR) is 90.9 cm³/mol. The van der Waals surface area contributed by atoms with Crippen LogP contribution in [0.15, 0.2) is 0 Å². The van der Waals surface area contributed by atoms with Gasteiger partial charge in [0.2, 0.25) is 11.8 Å². The summed E-state index contributed by atoms with van der Waals surface area (Å²) >= 11 is 0. The van der Waals surface area contributed by atoms with E-state index in [1.165, 1.54) is 0 Å². The minimum Gasteiger partial charge on any atom is -0.462 e. The number of hydrogen-bond acceptors (Lipinski definition) is 5. The molecule has 0 aromatic carbocycles. The molecular formula is C17H32N2O5. The molecule has 1 heterocycles. The van der Waals surface area contributed by atoms with Crippen LogP contribution < -0.4 is 5.73 Å². The normalized spacial score (nSPS) is 18.4. The van der Waals surface area contributed by atoms with Crippen LogP contribution in [0.1, 0.15) is 59.8 Å². The van der Waals surface area contributed by atoms with Crippen molar-refractivity contribution in [2.45, 2.75) is 71.5 Å². The molecule has 7 nitrogen and oxygen atoms in total. The number of aliphatic hydroxyl groups excluding tert-OH is 1. The largest absolute Gasteiger partial charge is 0.462 e. The molecule has 1 rings (SSSR count). The van der Waals surface area contributed by atoms with E-state index >= 15 is 0 Å². The summed E-state index contributed by atoms with van der Waals surface area (Å²) in [5.41, 5.74) is 4.85. The standard InChI is InChI=1S/C12H22N2O3.C5H10O2/c1-2-3-4-9(7-11(13)16)12(17)14-6-5-10(15)8-14;1-5(2,3)7-4-6/h9-10,15H,2-8H2,1H3,(H2,13,16);4H,1-3H3. The van der Waals surface area contributed by atoms with Gasteiger partial charge in [-0.1, -0.05) is 19.8 Å². The molecule has 1 aliphatic rings. The van der Waals surface area contributed by atoms with E-state index < -0.39 is 12.0 Å². The van der Waals surface area contributed by atoms with E-state index in [9.17, 15) is 19.5 Å². The monoisotopic (exact) mass is 344 g/mol. The lowest BCUT2D eigenvalue weighted by Gasteiger charge is -2.22. The number of amides is 2. The van der Waals surface area contributed by atoms with Crippen LogP contribution in [-0.2, 0) is 19.1 Å². The number of primary amides is 1. The molecule has 0 bridgehead atoms. The van der Waals surface area contributed by atoms with Crippen molar-refractivity contribution in [1.82, 2.24) is 4.90 Å². The third-order valence-electron chi connectivity index (χ3n) is 3.58. The molecule has 0 saturated carbocycles. The van der Waals surface area contributed by atoms with Crippen LogP contribution in [0.25, 0.3) is 0 Å². The van der Waals surface area contributed by atoms with Crippen molar-refractivity contribution < 1.29 is 24.2 Å². The quantitative estimate of drug-likeness (QED) is 0.675. The van der Waals surface area contributed by atoms with E-state index in [1.807, 2.05) is 27.7 Å². The molecule has 1 aliphatic heterocycles. The smallest absolute Gasteiger partial charge is 0.293 e. The molecule has 0 radical (unpaired) electrons. The summed E-state index contributed by atoms with van der Waals surface area (Å²) < 4.78 is 4.55. The first-order chi connectivity index (χ1) is 11.1. The third-order valence-corrected chi connectivity index (χ3v) is 3.58. The number of carbonyl (C=O) groups is 3. The van der Waals surface area contributed by atoms with Gasteiger partial charge in [0.25, 0.3) is 6.47 Å². The van der Waals surface area contributed by atoms with Crippen LogP contribution in [0.4, 0.5) is 0 Å². The van der Waals surface area contributed by atoms with Crippen molar-refractivity contribution in [1.29, 1.82) is 0 Å². The Morgan fingerprint density at radius 3 is 2.38 bits per heavy atom. The Morgan fingerprint density at radius 1 is 1.42 bits per heavy atom. The van der Waals surface area contributed by atoms with Crippen molar-refractivity contribution in [2.75, 3.05) is 13.1 Å². The first-order valence-corrected chi connectivity index (χ1v) is 8.47. The maximum atomic E-state index is 12.1. The maximum Gasteiger partial charge on any atom is 0.293 e. The molecule has 2 unspecified atom stereocenters. The number of ether oxygens (including phenoxy) is 1. The van der Waals surface area contributed by atoms with Crippen LogP contribution in [-0.4, -0.2) is 53.1 Å². The van der Waals surface area contributed by atoms with E-state index in [1.54, 1.807) is 4.90 Å². The average molecular weight is 344 g/mol. The average Bonchev–Trinajstić information content (AvgIpc) is 2.88. The van der Waals surface area contributed by atoms with E-state index in [4.69, 9.17) is 5.73 Å². The second kappa shape index (κ2) is 11.0. The van der Waals surface area contributed by atoms with E-state index in [2.05, 4.69) is 4.74 Å². The summed E-state index contributed by atoms with van der Waals surface area (Å²) in [4.78, 5) is 34.3. The van der Waals surface area contributed by atoms with Gasteiger partial charge < -0.3 is 20.5 Å². The number of rotatable bonds is 7. The number of carbonyl (C=O) groups excluding carboxylic acids is 3. The minimum absolute atomic E-state index is 0.0335. The lowest BCUT2D eigenvalue weighted by molar-refractivity contribution is -0.138. The van der Waals surface area contributed by atoms with Crippen molar-refractivity contribution in [3.63, 3.8) is 0 Å². The van der Waals surface area contributed by atoms with Gasteiger partial charge in [-0.05, 0) is 33.6 Å². The van der Waals surface area contributed by atoms with Gasteiger partial charge in [0.05, 0.1) is 6.10 Å². The first kappa shape index (κ1) is 22.4. The minimum atomic E-state index is -0.431. The number of hydrogen-bond donors (Lipinski definition) is 2. The Kier molecular flexibility index (Phi) is 10.3. The molecule has 1 fully saturated rings. The van der Waals surface area contributed by atoms with Gasteiger partial charge in [0.15, 0.2) is 0 Å². The number of β-amino-alcohol motifs (C(OH)–C–C–N with tert-alkyl or cyclic N) is 1. The second-order valence-electron chi connectivity index (χ2n) is 7.06. The molecule has 1 saturated heterocycles. The summed E-state index contributed by atoms with van der Waals surface area (Å²) in [5.74, 6) is -0.772. The van der Waals surface area contributed by atoms with Crippen LogP contribution in [0.3, 0.4) is 0 Å². The van der Waals surface area contributed by atoms with Crippen molar-refractivity contribution >= 4 is 18.3 Å². The number of likely N-dealkylation sites (tertiary alicyclic amines) is 1. The summed E-state index contributed by atoms with van der Waals surface area (Å²) in [6, 6.07) is 0. The molecule has 24 heavy (non-hydrogen) atoms. The molecular weight excluding hydrogens is 312 g/mol. The number of nitrogens with zero attached hydrogens (tertiary/aromatic N) is 1. The summed E-state index contributed by atoms with van der Waals surface area (Å²) in [6.07, 6.45) is 2.93. The van der Waals surface area contributed by atoms with Gasteiger partial charge >= 0.3 is 0 Å². The second-order valence-corrected chi connectivity index (χ2v) is 7.06. The predicted octanol–water partition coefficient (Wildman–Crippen LogP) is 1.22. The molecule has 0 aliphatic carbocycles. The fraction of sp³-hybridized carbons (Fsp3) is 0.824. The van der Waals surface area contributed by atoms with Gasteiger partial charge in [0.1, 0.15) is 5.60 Å². The van der Waals surface area contributed by atoms with Gasteiger partial charge in [-0.3, -0.25) is 14.4 Å². The molecule has 140 valence electrons. The highest BCUT2D eigenvalue weighted by Gasteiger charge is 2.30. The van der Waals surface area contributed by atoms with Gasteiger partial charge in [0, 0.05) is 25.4 Å². The molecule has 3 N–H and O–H groups in total. The Bertz CT molecular complexity index is 406. The number of unbranched alkanes of at least 4 members (excludes halogenated alkanes) is 1. The summed E-state index contributed by atoms with van der Waals surface area (Å²) in [5, 5.41) is 9.40. The molecule has 0 aromatic heterocycles. The highest BCUT2D eigenvalue weighted by molar-refractivity contribution is 5.85. The SMILES string of the molecule is CC(C)(C)OC=O.CCCCC(CC(N)=O)C(=O)N1CCC(O)C1. The van der Waals surface area contributed by atoms with Crippen LogP contribution in [0.2, 0.25) is 0 Å². The van der Waals surface area contributed by atoms with Gasteiger partial charge in [-0.15, -0.1) is 0 Å². The first-order valence-electron chi connectivity index (χ1n) is 8.47. The highest BCUT2D eigenvalue weighted by atomic mass is 16.5. The number of aliphatic hydroxyl groups is 1. The fourth-order valence-electron chi connectivity index (χ4n) is 2.35. The third kappa shape index (κ3) is 10.2. The van der Waals surface area contributed by atoms with Crippen LogP contribution in [0, 0.1) is 5.92 Å². The van der Waals surface area contributed by atoms with E-state index in [-0.39, 0.29) is 23.8 Å². The van der Waals surface area contributed by atoms with Gasteiger partial charge in [-0.25, -0.2) is 0 Å². The molecule has 2 atom stereocenters. The van der Waals surface area contributed by atoms with Crippen molar-refractivity contribution in [2.24, 2.45) is 11.7 Å². The number of nitrogens with two attached hydrogens (primary N) is 1. The Hall–Kier alpha value is -1.63.